The lowest BCUT2D eigenvalue weighted by molar-refractivity contribution is -0.120. The number of anilines is 1. The normalized spacial score (nSPS) is 14.1. The Labute approximate surface area is 164 Å². The minimum atomic E-state index is -0.393. The number of imide groups is 1. The second-order valence-corrected chi connectivity index (χ2v) is 6.56. The molecule has 0 radical (unpaired) electrons. The van der Waals surface area contributed by atoms with Crippen LogP contribution in [0.3, 0.4) is 0 Å². The maximum absolute atomic E-state index is 13.3. The molecule has 0 aliphatic carbocycles. The molecule has 1 aliphatic rings. The number of benzene rings is 2. The van der Waals surface area contributed by atoms with Gasteiger partial charge in [0.1, 0.15) is 11.4 Å². The highest BCUT2D eigenvalue weighted by atomic mass is 16.5. The van der Waals surface area contributed by atoms with E-state index in [4.69, 9.17) is 4.74 Å². The maximum atomic E-state index is 13.3. The number of hydrogen-bond donors (Lipinski definition) is 1. The summed E-state index contributed by atoms with van der Waals surface area (Å²) in [5, 5.41) is 9.32. The molecule has 6 nitrogen and oxygen atoms in total. The number of carbonyl (C=O) groups excluding carboxylic acids is 2. The van der Waals surface area contributed by atoms with Crippen molar-refractivity contribution in [2.45, 2.75) is 13.3 Å². The summed E-state index contributed by atoms with van der Waals surface area (Å²) in [6.07, 6.45) is 0.877. The van der Waals surface area contributed by atoms with E-state index in [9.17, 15) is 14.7 Å². The molecule has 2 aromatic rings. The van der Waals surface area contributed by atoms with Crippen LogP contribution in [0.4, 0.5) is 5.69 Å². The third kappa shape index (κ3) is 3.51. The second kappa shape index (κ2) is 8.27. The highest BCUT2D eigenvalue weighted by Gasteiger charge is 2.41. The molecule has 0 aromatic heterocycles. The molecule has 28 heavy (non-hydrogen) atoms. The molecule has 0 atom stereocenters. The predicted molar refractivity (Wildman–Crippen MR) is 108 cm³/mol. The average molecular weight is 380 g/mol. The zero-order valence-electron chi connectivity index (χ0n) is 16.3. The van der Waals surface area contributed by atoms with Crippen molar-refractivity contribution in [2.24, 2.45) is 0 Å². The fourth-order valence-electron chi connectivity index (χ4n) is 3.27. The summed E-state index contributed by atoms with van der Waals surface area (Å²) in [7, 11) is 3.27. The molecule has 0 saturated heterocycles. The Hall–Kier alpha value is -3.12. The van der Waals surface area contributed by atoms with Crippen molar-refractivity contribution >= 4 is 23.1 Å². The molecule has 146 valence electrons. The summed E-state index contributed by atoms with van der Waals surface area (Å²) in [6.45, 7) is 2.17. The number of amides is 2. The van der Waals surface area contributed by atoms with Gasteiger partial charge in [-0.1, -0.05) is 31.2 Å². The molecule has 1 aliphatic heterocycles. The summed E-state index contributed by atoms with van der Waals surface area (Å²) < 4.78 is 5.18. The number of ether oxygens (including phenoxy) is 1. The highest BCUT2D eigenvalue weighted by molar-refractivity contribution is 6.45. The Balaban J connectivity index is 2.07. The Bertz CT molecular complexity index is 901. The number of rotatable bonds is 7. The maximum Gasteiger partial charge on any atom is 0.282 e. The predicted octanol–water partition coefficient (Wildman–Crippen LogP) is 2.47. The molecule has 6 heteroatoms. The van der Waals surface area contributed by atoms with Gasteiger partial charge in [-0.05, 0) is 41.8 Å². The molecule has 2 aromatic carbocycles. The van der Waals surface area contributed by atoms with E-state index in [0.29, 0.717) is 22.6 Å². The van der Waals surface area contributed by atoms with Gasteiger partial charge in [0.25, 0.3) is 11.8 Å². The van der Waals surface area contributed by atoms with Crippen LogP contribution < -0.4 is 9.64 Å². The Kier molecular flexibility index (Phi) is 5.80. The van der Waals surface area contributed by atoms with Crippen LogP contribution in [0, 0.1) is 0 Å². The van der Waals surface area contributed by atoms with Crippen molar-refractivity contribution in [2.75, 3.05) is 32.2 Å². The van der Waals surface area contributed by atoms with Crippen LogP contribution in [-0.2, 0) is 16.0 Å². The highest BCUT2D eigenvalue weighted by Crippen LogP contribution is 2.34. The molecule has 2 amide bonds. The molecule has 1 heterocycles. The monoisotopic (exact) mass is 380 g/mol. The van der Waals surface area contributed by atoms with Crippen LogP contribution in [0.15, 0.2) is 54.2 Å². The van der Waals surface area contributed by atoms with Gasteiger partial charge in [-0.15, -0.1) is 0 Å². The Morgan fingerprint density at radius 2 is 1.64 bits per heavy atom. The van der Waals surface area contributed by atoms with Crippen LogP contribution in [-0.4, -0.2) is 49.1 Å². The number of carbonyl (C=O) groups is 2. The third-order valence-corrected chi connectivity index (χ3v) is 4.86. The van der Waals surface area contributed by atoms with Gasteiger partial charge < -0.3 is 14.7 Å². The summed E-state index contributed by atoms with van der Waals surface area (Å²) in [5.41, 5.74) is 2.90. The molecule has 0 bridgehead atoms. The second-order valence-electron chi connectivity index (χ2n) is 6.56. The molecule has 3 rings (SSSR count). The van der Waals surface area contributed by atoms with E-state index >= 15 is 0 Å². The van der Waals surface area contributed by atoms with E-state index in [1.807, 2.05) is 19.1 Å². The number of hydrogen-bond acceptors (Lipinski definition) is 5. The lowest BCUT2D eigenvalue weighted by Crippen LogP contribution is -2.34. The van der Waals surface area contributed by atoms with Crippen LogP contribution in [0.5, 0.6) is 5.75 Å². The number of aliphatic hydroxyl groups excluding tert-OH is 1. The average Bonchev–Trinajstić information content (AvgIpc) is 2.98. The van der Waals surface area contributed by atoms with Crippen molar-refractivity contribution in [3.63, 3.8) is 0 Å². The van der Waals surface area contributed by atoms with Gasteiger partial charge in [-0.25, -0.2) is 4.90 Å². The van der Waals surface area contributed by atoms with Crippen molar-refractivity contribution in [1.82, 2.24) is 4.90 Å². The number of likely N-dealkylation sites (N-methyl/N-ethyl adjacent to an activating group) is 1. The van der Waals surface area contributed by atoms with Crippen LogP contribution >= 0.6 is 0 Å². The van der Waals surface area contributed by atoms with Crippen LogP contribution in [0.1, 0.15) is 18.1 Å². The first kappa shape index (κ1) is 19.6. The Morgan fingerprint density at radius 3 is 2.18 bits per heavy atom. The molecule has 0 spiro atoms. The largest absolute Gasteiger partial charge is 0.497 e. The Morgan fingerprint density at radius 1 is 1.00 bits per heavy atom. The van der Waals surface area contributed by atoms with Gasteiger partial charge in [0.15, 0.2) is 0 Å². The van der Waals surface area contributed by atoms with E-state index in [-0.39, 0.29) is 24.8 Å². The minimum absolute atomic E-state index is 0.122. The summed E-state index contributed by atoms with van der Waals surface area (Å²) in [6, 6.07) is 14.4. The molecule has 1 N–H and O–H groups in total. The molecular formula is C22H24N2O4. The summed E-state index contributed by atoms with van der Waals surface area (Å²) in [5.74, 6) is -0.103. The quantitative estimate of drug-likeness (QED) is 0.748. The summed E-state index contributed by atoms with van der Waals surface area (Å²) >= 11 is 0. The van der Waals surface area contributed by atoms with Crippen LogP contribution in [0.25, 0.3) is 5.57 Å². The number of aliphatic hydroxyl groups is 1. The first-order valence-corrected chi connectivity index (χ1v) is 9.20. The van der Waals surface area contributed by atoms with Crippen molar-refractivity contribution in [3.05, 3.63) is 65.4 Å². The zero-order valence-corrected chi connectivity index (χ0v) is 16.3. The van der Waals surface area contributed by atoms with Gasteiger partial charge in [0.2, 0.25) is 0 Å². The topological polar surface area (TPSA) is 70.1 Å². The SMILES string of the molecule is CCc1ccc(N2C(=O)C(c3ccc(OC)cc3)=C(N(C)CCO)C2=O)cc1. The van der Waals surface area contributed by atoms with E-state index in [2.05, 4.69) is 0 Å². The van der Waals surface area contributed by atoms with E-state index in [1.54, 1.807) is 55.5 Å². The fraction of sp³-hybridized carbons (Fsp3) is 0.273. The van der Waals surface area contributed by atoms with Gasteiger partial charge in [0.05, 0.1) is 25.0 Å². The molecular weight excluding hydrogens is 356 g/mol. The van der Waals surface area contributed by atoms with E-state index < -0.39 is 5.91 Å². The summed E-state index contributed by atoms with van der Waals surface area (Å²) in [4.78, 5) is 29.3. The third-order valence-electron chi connectivity index (χ3n) is 4.86. The minimum Gasteiger partial charge on any atom is -0.497 e. The fourth-order valence-corrected chi connectivity index (χ4v) is 3.27. The first-order chi connectivity index (χ1) is 13.5. The standard InChI is InChI=1S/C22H24N2O4/c1-4-15-5-9-17(10-6-15)24-21(26)19(16-7-11-18(28-3)12-8-16)20(22(24)27)23(2)13-14-25/h5-12,25H,4,13-14H2,1-3H3. The van der Waals surface area contributed by atoms with Gasteiger partial charge in [0, 0.05) is 13.6 Å². The van der Waals surface area contributed by atoms with Crippen molar-refractivity contribution < 1.29 is 19.4 Å². The van der Waals surface area contributed by atoms with E-state index in [1.165, 1.54) is 4.90 Å². The number of methoxy groups -OCH3 is 1. The number of aryl methyl sites for hydroxylation is 1. The molecule has 0 fully saturated rings. The van der Waals surface area contributed by atoms with Gasteiger partial charge in [-0.2, -0.15) is 0 Å². The first-order valence-electron chi connectivity index (χ1n) is 9.20. The zero-order chi connectivity index (χ0) is 20.3. The van der Waals surface area contributed by atoms with E-state index in [0.717, 1.165) is 12.0 Å². The van der Waals surface area contributed by atoms with Gasteiger partial charge >= 0.3 is 0 Å². The lowest BCUT2D eigenvalue weighted by Gasteiger charge is -2.20. The lowest BCUT2D eigenvalue weighted by atomic mass is 10.0. The van der Waals surface area contributed by atoms with Crippen molar-refractivity contribution in [1.29, 1.82) is 0 Å². The van der Waals surface area contributed by atoms with Crippen molar-refractivity contribution in [3.8, 4) is 5.75 Å². The number of nitrogens with zero attached hydrogens (tertiary/aromatic N) is 2. The van der Waals surface area contributed by atoms with Crippen LogP contribution in [0.2, 0.25) is 0 Å². The molecule has 0 unspecified atom stereocenters. The smallest absolute Gasteiger partial charge is 0.282 e. The molecule has 0 saturated carbocycles. The van der Waals surface area contributed by atoms with Gasteiger partial charge in [-0.3, -0.25) is 9.59 Å².